The number of ether oxygens (including phenoxy) is 3. The van der Waals surface area contributed by atoms with Crippen LogP contribution in [-0.4, -0.2) is 273 Å². The summed E-state index contributed by atoms with van der Waals surface area (Å²) in [5.74, 6) is 3.69. The fourth-order valence-electron chi connectivity index (χ4n) is 16.2. The molecule has 6 N–H and O–H groups in total. The molecule has 0 bridgehead atoms. The monoisotopic (exact) mass is 2350 g/mol. The van der Waals surface area contributed by atoms with Crippen LogP contribution in [0.5, 0.6) is 0 Å². The van der Waals surface area contributed by atoms with Gasteiger partial charge in [-0.3, -0.25) is 33.6 Å². The Kier molecular flexibility index (Phi) is 71.3. The van der Waals surface area contributed by atoms with Crippen molar-refractivity contribution < 1.29 is 111 Å². The number of carboxylic acid groups (broad SMARTS) is 1. The summed E-state index contributed by atoms with van der Waals surface area (Å²) in [5, 5.41) is 62.6. The molecule has 3 aliphatic heterocycles. The minimum Gasteiger partial charge on any atom is -1.00 e. The molecule has 0 unspecified atom stereocenters. The second-order valence-corrected chi connectivity index (χ2v) is 38.8. The molecule has 4 saturated carbocycles. The predicted octanol–water partition coefficient (Wildman–Crippen LogP) is 12.2. The SMILES string of the molecule is BrBr.CC(=O)C1CCC(C)CC1.CC1CCC(C(=O)CBr)CC1.CC1CCC(C(=O)O)CC1.CCO.CCOC(=O)C(N)=S.CCOC(=O)c1nc([C@@H]2CC[C@@H](C)N(C(=O)c3ccccc3-n3ncnn3)C2)cs1.CCOC(=O)c1nc([C@@H]2CC[C@@H](C)NC2)cs1.CON(C)C(=O)C1CCC(C)CC1.C[C@@H]1CC[C@@H](c2csc(C(C)(C)O)n2)CN1C(=O)c1ccccc1-n1ncnn1.[Br-].[Br-].[CH3-].[CH3-].[Mg+2].[Mg+2]. The number of aromatic nitrogens is 11. The number of thiocarbonyl (C=S) groups is 1. The van der Waals surface area contributed by atoms with Crippen LogP contribution in [0.25, 0.3) is 11.4 Å². The van der Waals surface area contributed by atoms with Crippen LogP contribution in [0.1, 0.15) is 318 Å². The second-order valence-electron chi connectivity index (χ2n) is 35.3. The van der Waals surface area contributed by atoms with Crippen molar-refractivity contribution in [3.63, 3.8) is 0 Å². The van der Waals surface area contributed by atoms with Crippen molar-refractivity contribution in [3.05, 3.63) is 135 Å². The first-order chi connectivity index (χ1) is 63.5. The Bertz CT molecular complexity index is 4610. The van der Waals surface area contributed by atoms with Gasteiger partial charge in [0.15, 0.2) is 17.6 Å². The summed E-state index contributed by atoms with van der Waals surface area (Å²) in [6, 6.07) is 15.4. The van der Waals surface area contributed by atoms with Crippen molar-refractivity contribution in [1.82, 2.24) is 75.5 Å². The van der Waals surface area contributed by atoms with E-state index in [1.165, 1.54) is 107 Å². The Labute approximate surface area is 918 Å². The van der Waals surface area contributed by atoms with Gasteiger partial charge >= 0.3 is 70.0 Å². The van der Waals surface area contributed by atoms with Gasteiger partial charge in [-0.1, -0.05) is 106 Å². The topological polar surface area (TPSA) is 425 Å². The molecule has 0 radical (unpaired) electrons. The van der Waals surface area contributed by atoms with Gasteiger partial charge in [0, 0.05) is 131 Å². The van der Waals surface area contributed by atoms with Gasteiger partial charge in [0.2, 0.25) is 15.9 Å². The van der Waals surface area contributed by atoms with E-state index in [1.807, 2.05) is 56.3 Å². The predicted molar refractivity (Wildman–Crippen MR) is 556 cm³/mol. The van der Waals surface area contributed by atoms with Crippen LogP contribution in [0.3, 0.4) is 0 Å². The van der Waals surface area contributed by atoms with Crippen molar-refractivity contribution >= 4 is 195 Å². The molecule has 3 amide bonds. The van der Waals surface area contributed by atoms with Crippen molar-refractivity contribution in [1.29, 1.82) is 0 Å². The minimum atomic E-state index is -0.954. The first kappa shape index (κ1) is 136. The zero-order valence-electron chi connectivity index (χ0n) is 84.2. The largest absolute Gasteiger partial charge is 2.00 e. The maximum atomic E-state index is 13.4. The average Bonchev–Trinajstić information content (AvgIpc) is 1.74. The molecule has 7 aliphatic rings. The fourth-order valence-corrected chi connectivity index (χ4v) is 19.3. The Morgan fingerprint density at radius 1 is 0.547 bits per heavy atom. The number of piperidine rings is 3. The number of hydrogen-bond donors (Lipinski definition) is 5. The first-order valence-corrected chi connectivity index (χ1v) is 54.2. The number of hydroxylamine groups is 2. The summed E-state index contributed by atoms with van der Waals surface area (Å²) >= 11 is 17.1. The summed E-state index contributed by atoms with van der Waals surface area (Å²) in [5.41, 5.74) is 9.00. The number of nitrogens with zero attached hydrogens (tertiary/aromatic N) is 14. The Morgan fingerprint density at radius 2 is 0.914 bits per heavy atom. The molecule has 3 saturated heterocycles. The molecule has 770 valence electrons. The molecule has 2 aromatic carbocycles. The number of alkyl halides is 1. The molecular weight excluding hydrogens is 2210 g/mol. The molecule has 7 aromatic rings. The maximum absolute atomic E-state index is 13.4. The van der Waals surface area contributed by atoms with Gasteiger partial charge in [-0.05, 0) is 243 Å². The van der Waals surface area contributed by atoms with Gasteiger partial charge in [-0.2, -0.15) is 0 Å². The normalized spacial score (nSPS) is 22.0. The van der Waals surface area contributed by atoms with Crippen molar-refractivity contribution in [2.75, 3.05) is 65.5 Å². The number of carboxylic acids is 1. The van der Waals surface area contributed by atoms with E-state index in [2.05, 4.69) is 161 Å². The van der Waals surface area contributed by atoms with Crippen LogP contribution in [-0.2, 0) is 48.6 Å². The molecule has 6 atom stereocenters. The van der Waals surface area contributed by atoms with Crippen molar-refractivity contribution in [3.8, 4) is 11.4 Å². The third-order valence-electron chi connectivity index (χ3n) is 24.6. The van der Waals surface area contributed by atoms with Crippen LogP contribution in [0, 0.1) is 62.2 Å². The number of nitrogens with two attached hydrogens (primary N) is 1. The number of carbonyl (C=O) groups excluding carboxylic acids is 8. The van der Waals surface area contributed by atoms with E-state index in [9.17, 15) is 48.3 Å². The van der Waals surface area contributed by atoms with E-state index >= 15 is 0 Å². The number of amides is 3. The molecular formula is C96H147Br5Mg2N16O16S4. The fraction of sp³-hybridized carbons (Fsp3) is 0.635. The van der Waals surface area contributed by atoms with Crippen molar-refractivity contribution in [2.45, 2.75) is 280 Å². The summed E-state index contributed by atoms with van der Waals surface area (Å²) in [7, 11) is 3.21. The second kappa shape index (κ2) is 72.9. The molecule has 8 heterocycles. The average molecular weight is 2360 g/mol. The number of benzene rings is 2. The van der Waals surface area contributed by atoms with E-state index < -0.39 is 23.5 Å². The molecule has 43 heteroatoms. The van der Waals surface area contributed by atoms with E-state index in [0.717, 1.165) is 150 Å². The molecule has 5 aromatic heterocycles. The number of aliphatic carboxylic acids is 1. The third kappa shape index (κ3) is 46.6. The molecule has 32 nitrogen and oxygen atoms in total. The summed E-state index contributed by atoms with van der Waals surface area (Å²) in [6.45, 7) is 30.8. The minimum absolute atomic E-state index is 0. The van der Waals surface area contributed by atoms with Gasteiger partial charge in [0.25, 0.3) is 11.8 Å². The van der Waals surface area contributed by atoms with E-state index in [1.54, 1.807) is 73.7 Å². The summed E-state index contributed by atoms with van der Waals surface area (Å²) < 4.78 is 14.4. The number of rotatable bonds is 19. The van der Waals surface area contributed by atoms with Crippen LogP contribution in [0.2, 0.25) is 0 Å². The summed E-state index contributed by atoms with van der Waals surface area (Å²) in [4.78, 5) is 129. The number of aliphatic hydroxyl groups excluding tert-OH is 1. The number of thiazole rings is 3. The number of likely N-dealkylation sites (tertiary alicyclic amines) is 2. The first-order valence-electron chi connectivity index (χ1n) is 46.3. The quantitative estimate of drug-likeness (QED) is 0.00954. The standard InChI is InChI=1S/C20H22N6O3S.C20H24N6O2S.C12H18N2O2S.C10H19NO2.C9H15BrO.C9H16O.C8H14O2.C4H7NO2S.C2H6O.2CH3.Br2.2BrH.2Mg/c1-3-29-20(28)18-23-16(11-30-18)14-9-8-13(2)25(10-14)19(27)15-6-4-5-7-17(15)26-22-12-21-24-26;1-13-8-9-14(16-11-29-19(23-16)20(2,3)28)10-25(13)18(27)15-6-4-5-7-17(15)26-22-12-21-24-26;1-3-16-12(15)11-14-10(7-17-11)9-5-4-8(2)13-6-9;1-8-4-6-9(7-5-8)10(12)11(2)13-3;1-7-2-4-8(5-3-7)9(11)6-10;1-7-3-5-9(6-4-7)8(2)10;1-6-2-4-7(5-3-6)8(9)10;1-2-7-4(6)3(5)8;1-2-3;;;1-2;;;;/h4-7,11-14H,3,8-10H2,1-2H3;4-7,11-14,28H,8-10H2,1-3H3;7-9,13H,3-6H2,1-2H3;8-9H,4-7H2,1-3H3;7-8H,2-6H2,1H3;7,9H,3-6H2,1-2H3;6-7H,2-5H2,1H3,(H,9,10);2H2,1H3,(H2,5,8);3H,2H2,1H3;2*1H3;;2*1H;;/q;;;;;;;;;2*-1;;;;2*+2/p-2/t2*13-,14-;8-,9-;;;;;;;;;;;;;/m111............./s1. The van der Waals surface area contributed by atoms with Crippen LogP contribution < -0.4 is 45.0 Å². The molecule has 0 spiro atoms. The van der Waals surface area contributed by atoms with E-state index in [-0.39, 0.29) is 166 Å². The van der Waals surface area contributed by atoms with Gasteiger partial charge in [-0.15, -0.1) is 64.0 Å². The molecule has 14 rings (SSSR count). The number of halogens is 5. The number of esters is 3. The van der Waals surface area contributed by atoms with Crippen LogP contribution >= 0.6 is 90.4 Å². The zero-order chi connectivity index (χ0) is 98.4. The van der Waals surface area contributed by atoms with E-state index in [0.29, 0.717) is 111 Å². The van der Waals surface area contributed by atoms with Crippen molar-refractivity contribution in [2.24, 2.45) is 53.1 Å². The van der Waals surface area contributed by atoms with Crippen LogP contribution in [0.4, 0.5) is 0 Å². The number of Topliss-reactive ketones (excluding diaryl/α,β-unsaturated/α-hetero) is 2. The van der Waals surface area contributed by atoms with Gasteiger partial charge in [0.05, 0.1) is 66.4 Å². The Hall–Kier alpha value is -5.24. The van der Waals surface area contributed by atoms with Gasteiger partial charge < -0.3 is 99.2 Å². The number of ketones is 2. The van der Waals surface area contributed by atoms with Crippen LogP contribution in [0.15, 0.2) is 77.3 Å². The van der Waals surface area contributed by atoms with Gasteiger partial charge in [-0.25, -0.2) is 34.4 Å². The smallest absolute Gasteiger partial charge is 1.00 e. The number of aliphatic hydroxyl groups is 2. The third-order valence-corrected chi connectivity index (χ3v) is 28.1. The number of tetrazole rings is 2. The molecule has 139 heavy (non-hydrogen) atoms. The Balaban J connectivity index is 0. The van der Waals surface area contributed by atoms with Gasteiger partial charge in [0.1, 0.15) is 33.5 Å². The number of para-hydroxylation sites is 2. The molecule has 7 fully saturated rings. The van der Waals surface area contributed by atoms with E-state index in [4.69, 9.17) is 30.3 Å². The number of nitrogens with one attached hydrogen (secondary N) is 1. The number of hydrogen-bond acceptors (Lipinski definition) is 29. The maximum Gasteiger partial charge on any atom is 2.00 e. The zero-order valence-corrected chi connectivity index (χ0v) is 98.3. The molecule has 4 aliphatic carbocycles. The summed E-state index contributed by atoms with van der Waals surface area (Å²) in [6.07, 6.45) is 26.5. The Morgan fingerprint density at radius 3 is 1.24 bits per heavy atom. The number of carbonyl (C=O) groups is 9.